The van der Waals surface area contributed by atoms with Crippen molar-refractivity contribution in [3.8, 4) is 0 Å². The maximum Gasteiger partial charge on any atom is 0.199 e. The van der Waals surface area contributed by atoms with Crippen LogP contribution in [0, 0.1) is 5.82 Å². The van der Waals surface area contributed by atoms with E-state index in [4.69, 9.17) is 11.6 Å². The van der Waals surface area contributed by atoms with Crippen LogP contribution in [-0.2, 0) is 7.05 Å². The summed E-state index contributed by atoms with van der Waals surface area (Å²) in [6.07, 6.45) is 2.92. The number of rotatable bonds is 2. The minimum atomic E-state index is -0.585. The second-order valence-electron chi connectivity index (χ2n) is 3.36. The van der Waals surface area contributed by atoms with Crippen LogP contribution in [0.2, 0.25) is 5.02 Å². The summed E-state index contributed by atoms with van der Waals surface area (Å²) < 4.78 is 14.9. The van der Waals surface area contributed by atoms with Gasteiger partial charge in [0.2, 0.25) is 0 Å². The number of aromatic nitrogens is 2. The van der Waals surface area contributed by atoms with Gasteiger partial charge in [-0.25, -0.2) is 4.39 Å². The van der Waals surface area contributed by atoms with Crippen molar-refractivity contribution in [2.45, 2.75) is 0 Å². The van der Waals surface area contributed by atoms with Gasteiger partial charge < -0.3 is 0 Å². The SMILES string of the molecule is Cn1cc(C(=O)c2cc(Cl)ccc2F)cn1. The van der Waals surface area contributed by atoms with E-state index in [-0.39, 0.29) is 5.56 Å². The van der Waals surface area contributed by atoms with Crippen molar-refractivity contribution in [1.29, 1.82) is 0 Å². The molecule has 0 aliphatic heterocycles. The van der Waals surface area contributed by atoms with Crippen LogP contribution in [0.4, 0.5) is 4.39 Å². The molecule has 16 heavy (non-hydrogen) atoms. The van der Waals surface area contributed by atoms with Gasteiger partial charge in [-0.2, -0.15) is 5.10 Å². The van der Waals surface area contributed by atoms with Crippen LogP contribution in [0.15, 0.2) is 30.6 Å². The highest BCUT2D eigenvalue weighted by atomic mass is 35.5. The second kappa shape index (κ2) is 4.06. The van der Waals surface area contributed by atoms with Gasteiger partial charge in [-0.15, -0.1) is 0 Å². The van der Waals surface area contributed by atoms with Crippen molar-refractivity contribution < 1.29 is 9.18 Å². The van der Waals surface area contributed by atoms with Crippen LogP contribution in [0.1, 0.15) is 15.9 Å². The lowest BCUT2D eigenvalue weighted by atomic mass is 10.1. The Labute approximate surface area is 96.5 Å². The fourth-order valence-electron chi connectivity index (χ4n) is 1.37. The summed E-state index contributed by atoms with van der Waals surface area (Å²) in [7, 11) is 1.69. The van der Waals surface area contributed by atoms with Gasteiger partial charge in [0.15, 0.2) is 5.78 Å². The number of benzene rings is 1. The van der Waals surface area contributed by atoms with Gasteiger partial charge in [0, 0.05) is 18.3 Å². The van der Waals surface area contributed by atoms with Gasteiger partial charge in [-0.05, 0) is 18.2 Å². The summed E-state index contributed by atoms with van der Waals surface area (Å²) in [5.41, 5.74) is 0.296. The smallest absolute Gasteiger partial charge is 0.199 e. The van der Waals surface area contributed by atoms with Crippen LogP contribution in [0.3, 0.4) is 0 Å². The summed E-state index contributed by atoms with van der Waals surface area (Å²) >= 11 is 5.71. The maximum absolute atomic E-state index is 13.4. The Balaban J connectivity index is 2.45. The van der Waals surface area contributed by atoms with E-state index in [2.05, 4.69) is 5.10 Å². The summed E-state index contributed by atoms with van der Waals surface area (Å²) in [5, 5.41) is 4.18. The standard InChI is InChI=1S/C11H8ClFN2O/c1-15-6-7(5-14-15)11(16)9-4-8(12)2-3-10(9)13/h2-6H,1H3. The highest BCUT2D eigenvalue weighted by Gasteiger charge is 2.15. The Bertz CT molecular complexity index is 551. The summed E-state index contributed by atoms with van der Waals surface area (Å²) in [6.45, 7) is 0. The van der Waals surface area contributed by atoms with Crippen molar-refractivity contribution in [2.75, 3.05) is 0 Å². The molecule has 0 bridgehead atoms. The van der Waals surface area contributed by atoms with E-state index in [1.165, 1.54) is 35.3 Å². The number of aryl methyl sites for hydroxylation is 1. The van der Waals surface area contributed by atoms with E-state index in [9.17, 15) is 9.18 Å². The van der Waals surface area contributed by atoms with E-state index in [1.54, 1.807) is 7.05 Å². The molecule has 2 aromatic rings. The normalized spacial score (nSPS) is 10.4. The predicted octanol–water partition coefficient (Wildman–Crippen LogP) is 2.44. The first kappa shape index (κ1) is 10.8. The number of hydrogen-bond acceptors (Lipinski definition) is 2. The van der Waals surface area contributed by atoms with Gasteiger partial charge in [0.1, 0.15) is 5.82 Å². The molecular formula is C11H8ClFN2O. The third kappa shape index (κ3) is 1.97. The Morgan fingerprint density at radius 3 is 2.88 bits per heavy atom. The number of hydrogen-bond donors (Lipinski definition) is 0. The molecule has 0 radical (unpaired) electrons. The zero-order valence-electron chi connectivity index (χ0n) is 8.45. The van der Waals surface area contributed by atoms with Crippen molar-refractivity contribution in [3.63, 3.8) is 0 Å². The first-order chi connectivity index (χ1) is 7.58. The van der Waals surface area contributed by atoms with E-state index >= 15 is 0 Å². The molecule has 2 rings (SSSR count). The molecule has 0 atom stereocenters. The Morgan fingerprint density at radius 2 is 2.25 bits per heavy atom. The van der Waals surface area contributed by atoms with Gasteiger partial charge in [-0.1, -0.05) is 11.6 Å². The van der Waals surface area contributed by atoms with Crippen molar-refractivity contribution in [1.82, 2.24) is 9.78 Å². The molecule has 0 fully saturated rings. The molecule has 0 saturated heterocycles. The van der Waals surface area contributed by atoms with Gasteiger partial charge in [-0.3, -0.25) is 9.48 Å². The van der Waals surface area contributed by atoms with E-state index in [1.807, 2.05) is 0 Å². The number of halogens is 2. The molecule has 0 N–H and O–H groups in total. The second-order valence-corrected chi connectivity index (χ2v) is 3.79. The number of carbonyl (C=O) groups excluding carboxylic acids is 1. The van der Waals surface area contributed by atoms with Gasteiger partial charge in [0.05, 0.1) is 17.3 Å². The van der Waals surface area contributed by atoms with Crippen LogP contribution >= 0.6 is 11.6 Å². The van der Waals surface area contributed by atoms with Gasteiger partial charge in [0.25, 0.3) is 0 Å². The Morgan fingerprint density at radius 1 is 1.50 bits per heavy atom. The Kier molecular flexibility index (Phi) is 2.75. The van der Waals surface area contributed by atoms with Crippen LogP contribution in [0.5, 0.6) is 0 Å². The zero-order chi connectivity index (χ0) is 11.7. The van der Waals surface area contributed by atoms with Crippen molar-refractivity contribution in [2.24, 2.45) is 7.05 Å². The molecule has 0 spiro atoms. The van der Waals surface area contributed by atoms with Crippen LogP contribution in [0.25, 0.3) is 0 Å². The third-order valence-corrected chi connectivity index (χ3v) is 2.38. The predicted molar refractivity (Wildman–Crippen MR) is 58.1 cm³/mol. The highest BCUT2D eigenvalue weighted by molar-refractivity contribution is 6.31. The lowest BCUT2D eigenvalue weighted by Gasteiger charge is -2.00. The molecule has 0 aliphatic rings. The summed E-state index contributed by atoms with van der Waals surface area (Å²) in [6, 6.07) is 3.88. The summed E-state index contributed by atoms with van der Waals surface area (Å²) in [4.78, 5) is 11.9. The molecule has 0 aliphatic carbocycles. The number of carbonyl (C=O) groups is 1. The molecule has 3 nitrogen and oxygen atoms in total. The topological polar surface area (TPSA) is 34.9 Å². The average molecular weight is 239 g/mol. The lowest BCUT2D eigenvalue weighted by Crippen LogP contribution is -2.03. The maximum atomic E-state index is 13.4. The first-order valence-electron chi connectivity index (χ1n) is 4.56. The Hall–Kier alpha value is -1.68. The number of nitrogens with zero attached hydrogens (tertiary/aromatic N) is 2. The minimum Gasteiger partial charge on any atom is -0.288 e. The molecule has 0 amide bonds. The minimum absolute atomic E-state index is 0.0412. The van der Waals surface area contributed by atoms with Crippen LogP contribution in [-0.4, -0.2) is 15.6 Å². The molecule has 82 valence electrons. The first-order valence-corrected chi connectivity index (χ1v) is 4.94. The lowest BCUT2D eigenvalue weighted by molar-refractivity contribution is 0.103. The van der Waals surface area contributed by atoms with Gasteiger partial charge >= 0.3 is 0 Å². The fourth-order valence-corrected chi connectivity index (χ4v) is 1.54. The molecule has 0 saturated carbocycles. The molecule has 0 unspecified atom stereocenters. The molecular weight excluding hydrogens is 231 g/mol. The van der Waals surface area contributed by atoms with E-state index < -0.39 is 11.6 Å². The molecule has 1 heterocycles. The van der Waals surface area contributed by atoms with Crippen molar-refractivity contribution in [3.05, 3.63) is 52.6 Å². The fraction of sp³-hybridized carbons (Fsp3) is 0.0909. The summed E-state index contributed by atoms with van der Waals surface area (Å²) in [5.74, 6) is -1.01. The van der Waals surface area contributed by atoms with Crippen molar-refractivity contribution >= 4 is 17.4 Å². The quantitative estimate of drug-likeness (QED) is 0.754. The molecule has 1 aromatic heterocycles. The monoisotopic (exact) mass is 238 g/mol. The third-order valence-electron chi connectivity index (χ3n) is 2.14. The average Bonchev–Trinajstić information content (AvgIpc) is 2.67. The molecule has 5 heteroatoms. The molecule has 1 aromatic carbocycles. The van der Waals surface area contributed by atoms with Crippen LogP contribution < -0.4 is 0 Å². The largest absolute Gasteiger partial charge is 0.288 e. The zero-order valence-corrected chi connectivity index (χ0v) is 9.20. The van der Waals surface area contributed by atoms with E-state index in [0.717, 1.165) is 0 Å². The highest BCUT2D eigenvalue weighted by Crippen LogP contribution is 2.18. The number of ketones is 1. The van der Waals surface area contributed by atoms with E-state index in [0.29, 0.717) is 10.6 Å².